The third-order valence-corrected chi connectivity index (χ3v) is 6.00. The van der Waals surface area contributed by atoms with Gasteiger partial charge in [0.25, 0.3) is 5.91 Å². The van der Waals surface area contributed by atoms with Crippen LogP contribution >= 0.6 is 0 Å². The minimum Gasteiger partial charge on any atom is -0.326 e. The number of hydrogen-bond acceptors (Lipinski definition) is 4. The highest BCUT2D eigenvalue weighted by molar-refractivity contribution is 7.93. The van der Waals surface area contributed by atoms with Crippen LogP contribution < -0.4 is 5.32 Å². The van der Waals surface area contributed by atoms with Crippen molar-refractivity contribution in [3.8, 4) is 11.8 Å². The molecule has 0 radical (unpaired) electrons. The Morgan fingerprint density at radius 1 is 1.03 bits per heavy atom. The van der Waals surface area contributed by atoms with E-state index in [1.54, 1.807) is 36.5 Å². The molecule has 2 amide bonds. The predicted molar refractivity (Wildman–Crippen MR) is 121 cm³/mol. The number of benzene rings is 2. The van der Waals surface area contributed by atoms with E-state index in [4.69, 9.17) is 0 Å². The molecule has 2 aromatic carbocycles. The molecule has 31 heavy (non-hydrogen) atoms. The number of nitrogens with one attached hydrogen (secondary N) is 1. The van der Waals surface area contributed by atoms with Crippen LogP contribution in [0.15, 0.2) is 76.2 Å². The summed E-state index contributed by atoms with van der Waals surface area (Å²) in [5, 5.41) is 2.63. The lowest BCUT2D eigenvalue weighted by Crippen LogP contribution is -2.07. The van der Waals surface area contributed by atoms with Gasteiger partial charge < -0.3 is 5.32 Å². The van der Waals surface area contributed by atoms with Crippen molar-refractivity contribution in [1.82, 2.24) is 4.98 Å². The van der Waals surface area contributed by atoms with Crippen LogP contribution in [0.3, 0.4) is 0 Å². The molecule has 0 fully saturated rings. The van der Waals surface area contributed by atoms with Crippen molar-refractivity contribution in [2.45, 2.75) is 18.7 Å². The zero-order valence-corrected chi connectivity index (χ0v) is 18.2. The Hall–Kier alpha value is -3.76. The number of anilines is 1. The molecule has 0 saturated heterocycles. The average molecular weight is 432 g/mol. The monoisotopic (exact) mass is 431 g/mol. The lowest BCUT2D eigenvalue weighted by molar-refractivity contribution is -0.114. The quantitative estimate of drug-likeness (QED) is 0.634. The summed E-state index contributed by atoms with van der Waals surface area (Å²) in [6.45, 7) is 3.38. The van der Waals surface area contributed by atoms with Crippen LogP contribution in [-0.4, -0.2) is 27.3 Å². The number of rotatable bonds is 3. The van der Waals surface area contributed by atoms with Crippen LogP contribution in [0.5, 0.6) is 0 Å². The number of amides is 2. The lowest BCUT2D eigenvalue weighted by atomic mass is 10.1. The van der Waals surface area contributed by atoms with E-state index in [-0.39, 0.29) is 11.5 Å². The highest BCUT2D eigenvalue weighted by Crippen LogP contribution is 2.17. The van der Waals surface area contributed by atoms with Gasteiger partial charge in [-0.2, -0.15) is 4.36 Å². The van der Waals surface area contributed by atoms with Crippen molar-refractivity contribution in [2.75, 3.05) is 11.6 Å². The maximum atomic E-state index is 13.0. The van der Waals surface area contributed by atoms with Crippen LogP contribution in [0.25, 0.3) is 0 Å². The van der Waals surface area contributed by atoms with E-state index < -0.39 is 15.6 Å². The molecule has 0 aliphatic heterocycles. The topological polar surface area (TPSA) is 88.5 Å². The van der Waals surface area contributed by atoms with Gasteiger partial charge in [-0.05, 0) is 48.9 Å². The van der Waals surface area contributed by atoms with E-state index in [0.717, 1.165) is 11.1 Å². The molecular weight excluding hydrogens is 410 g/mol. The van der Waals surface area contributed by atoms with Gasteiger partial charge in [-0.25, -0.2) is 4.21 Å². The molecule has 1 N–H and O–H groups in total. The molecule has 0 aliphatic carbocycles. The second kappa shape index (κ2) is 9.37. The first-order chi connectivity index (χ1) is 14.7. The number of pyridine rings is 1. The van der Waals surface area contributed by atoms with Crippen LogP contribution in [0.2, 0.25) is 0 Å². The van der Waals surface area contributed by atoms with Crippen molar-refractivity contribution < 1.29 is 13.8 Å². The molecule has 1 heterocycles. The minimum atomic E-state index is -2.98. The van der Waals surface area contributed by atoms with Crippen molar-refractivity contribution in [1.29, 1.82) is 0 Å². The zero-order chi connectivity index (χ0) is 22.4. The van der Waals surface area contributed by atoms with Crippen LogP contribution in [0.1, 0.15) is 34.0 Å². The largest absolute Gasteiger partial charge is 0.326 e. The standard InChI is InChI=1S/C24H21N3O3S/c1-17-6-4-5-7-20(17)9-8-19-14-21(16-25-15-19)24(29)27-31(3,30)23-12-10-22(11-13-23)26-18(2)28/h4-7,10-16H,1-3H3,(H,26,28). The Morgan fingerprint density at radius 3 is 2.42 bits per heavy atom. The SMILES string of the molecule is CC(=O)Nc1ccc(S(C)(=O)=NC(=O)c2cncc(C#Cc3ccccc3C)c2)cc1. The second-order valence-corrected chi connectivity index (χ2v) is 9.19. The molecule has 0 aliphatic rings. The Morgan fingerprint density at radius 2 is 1.74 bits per heavy atom. The zero-order valence-electron chi connectivity index (χ0n) is 17.4. The fourth-order valence-corrected chi connectivity index (χ4v) is 3.90. The summed E-state index contributed by atoms with van der Waals surface area (Å²) in [6, 6.07) is 15.7. The molecule has 1 atom stereocenters. The predicted octanol–water partition coefficient (Wildman–Crippen LogP) is 4.05. The van der Waals surface area contributed by atoms with Crippen LogP contribution in [0, 0.1) is 18.8 Å². The number of hydrogen-bond donors (Lipinski definition) is 1. The molecule has 1 aromatic heterocycles. The van der Waals surface area contributed by atoms with E-state index in [1.807, 2.05) is 31.2 Å². The van der Waals surface area contributed by atoms with Crippen molar-refractivity contribution in [2.24, 2.45) is 4.36 Å². The van der Waals surface area contributed by atoms with Crippen LogP contribution in [-0.2, 0) is 14.5 Å². The van der Waals surface area contributed by atoms with Crippen molar-refractivity contribution >= 4 is 27.2 Å². The Kier molecular flexibility index (Phi) is 6.63. The van der Waals surface area contributed by atoms with Gasteiger partial charge in [-0.15, -0.1) is 0 Å². The van der Waals surface area contributed by atoms with Gasteiger partial charge in [0.15, 0.2) is 0 Å². The van der Waals surface area contributed by atoms with E-state index in [0.29, 0.717) is 16.1 Å². The summed E-state index contributed by atoms with van der Waals surface area (Å²) in [5.41, 5.74) is 3.29. The van der Waals surface area contributed by atoms with Gasteiger partial charge in [-0.1, -0.05) is 30.0 Å². The second-order valence-electron chi connectivity index (χ2n) is 6.93. The Bertz CT molecular complexity index is 1330. The van der Waals surface area contributed by atoms with Gasteiger partial charge in [0.1, 0.15) is 0 Å². The van der Waals surface area contributed by atoms with E-state index in [2.05, 4.69) is 26.5 Å². The molecule has 0 bridgehead atoms. The first-order valence-corrected chi connectivity index (χ1v) is 11.3. The molecule has 6 nitrogen and oxygen atoms in total. The number of aryl methyl sites for hydroxylation is 1. The molecular formula is C24H21N3O3S. The normalized spacial score (nSPS) is 12.1. The average Bonchev–Trinajstić information content (AvgIpc) is 2.73. The van der Waals surface area contributed by atoms with Crippen molar-refractivity contribution in [3.63, 3.8) is 0 Å². The third-order valence-electron chi connectivity index (χ3n) is 4.34. The molecule has 156 valence electrons. The van der Waals surface area contributed by atoms with Gasteiger partial charge in [0.2, 0.25) is 5.91 Å². The fraction of sp³-hybridized carbons (Fsp3) is 0.125. The summed E-state index contributed by atoms with van der Waals surface area (Å²) in [5.74, 6) is 5.23. The van der Waals surface area contributed by atoms with Gasteiger partial charge in [-0.3, -0.25) is 14.6 Å². The van der Waals surface area contributed by atoms with Gasteiger partial charge in [0.05, 0.1) is 15.3 Å². The molecule has 7 heteroatoms. The van der Waals surface area contributed by atoms with E-state index in [9.17, 15) is 13.8 Å². The maximum Gasteiger partial charge on any atom is 0.286 e. The molecule has 3 rings (SSSR count). The summed E-state index contributed by atoms with van der Waals surface area (Å²) in [6.07, 6.45) is 4.33. The summed E-state index contributed by atoms with van der Waals surface area (Å²) < 4.78 is 16.9. The minimum absolute atomic E-state index is 0.206. The summed E-state index contributed by atoms with van der Waals surface area (Å²) in [4.78, 5) is 28.2. The first-order valence-electron chi connectivity index (χ1n) is 9.41. The van der Waals surface area contributed by atoms with E-state index in [1.165, 1.54) is 19.4 Å². The number of carbonyl (C=O) groups excluding carboxylic acids is 2. The number of carbonyl (C=O) groups is 2. The molecule has 0 spiro atoms. The first kappa shape index (κ1) is 21.9. The summed E-state index contributed by atoms with van der Waals surface area (Å²) in [7, 11) is -2.98. The maximum absolute atomic E-state index is 13.0. The fourth-order valence-electron chi connectivity index (χ4n) is 2.74. The third kappa shape index (κ3) is 5.87. The Balaban J connectivity index is 1.85. The molecule has 1 unspecified atom stereocenters. The number of aromatic nitrogens is 1. The van der Waals surface area contributed by atoms with Crippen LogP contribution in [0.4, 0.5) is 5.69 Å². The smallest absolute Gasteiger partial charge is 0.286 e. The van der Waals surface area contributed by atoms with E-state index >= 15 is 0 Å². The highest BCUT2D eigenvalue weighted by Gasteiger charge is 2.12. The highest BCUT2D eigenvalue weighted by atomic mass is 32.2. The van der Waals surface area contributed by atoms with Crippen molar-refractivity contribution in [3.05, 3.63) is 89.2 Å². The summed E-state index contributed by atoms with van der Waals surface area (Å²) >= 11 is 0. The molecule has 3 aromatic rings. The molecule has 0 saturated carbocycles. The number of nitrogens with zero attached hydrogens (tertiary/aromatic N) is 2. The lowest BCUT2D eigenvalue weighted by Gasteiger charge is -2.06. The van der Waals surface area contributed by atoms with Gasteiger partial charge >= 0.3 is 0 Å². The Labute approximate surface area is 181 Å². The van der Waals surface area contributed by atoms with Gasteiger partial charge in [0, 0.05) is 47.3 Å².